The van der Waals surface area contributed by atoms with E-state index in [1.54, 1.807) is 0 Å². The zero-order valence-electron chi connectivity index (χ0n) is 25.7. The molecule has 0 atom stereocenters. The molecule has 0 bridgehead atoms. The Balaban J connectivity index is 2.34. The average Bonchev–Trinajstić information content (AvgIpc) is 2.77. The Hall–Kier alpha value is -2.35. The summed E-state index contributed by atoms with van der Waals surface area (Å²) < 4.78 is 21.8. The van der Waals surface area contributed by atoms with Gasteiger partial charge in [-0.1, -0.05) is 0 Å². The first kappa shape index (κ1) is 30.2. The Morgan fingerprint density at radius 1 is 0.474 bits per heavy atom. The number of rotatable bonds is 6. The van der Waals surface area contributed by atoms with Gasteiger partial charge in [-0.2, -0.15) is 0 Å². The third kappa shape index (κ3) is 6.11. The van der Waals surface area contributed by atoms with E-state index in [1.165, 1.54) is 11.1 Å². The Morgan fingerprint density at radius 2 is 0.842 bits per heavy atom. The summed E-state index contributed by atoms with van der Waals surface area (Å²) in [6.07, 6.45) is 0. The van der Waals surface area contributed by atoms with Gasteiger partial charge in [0.2, 0.25) is 0 Å². The van der Waals surface area contributed by atoms with Crippen molar-refractivity contribution in [1.82, 2.24) is 0 Å². The molecule has 3 aromatic carbocycles. The van der Waals surface area contributed by atoms with Gasteiger partial charge in [0.25, 0.3) is 0 Å². The van der Waals surface area contributed by atoms with Crippen LogP contribution in [-0.2, 0) is 15.4 Å². The minimum atomic E-state index is -4.19. The maximum atomic E-state index is 7.27. The predicted molar refractivity (Wildman–Crippen MR) is 165 cm³/mol. The van der Waals surface area contributed by atoms with E-state index in [0.29, 0.717) is 0 Å². The number of hydrogen-bond acceptors (Lipinski definition) is 3. The second-order valence-electron chi connectivity index (χ2n) is 14.3. The van der Waals surface area contributed by atoms with E-state index in [-0.39, 0.29) is 10.8 Å². The molecule has 0 aliphatic heterocycles. The topological polar surface area (TPSA) is 27.7 Å². The zero-order valence-corrected chi connectivity index (χ0v) is 26.6. The molecule has 0 radical (unpaired) electrons. The summed E-state index contributed by atoms with van der Waals surface area (Å²) in [4.78, 5) is 0. The molecule has 0 amide bonds. The molecule has 0 N–H and O–H groups in total. The van der Waals surface area contributed by atoms with Crippen molar-refractivity contribution in [1.29, 1.82) is 0 Å². The molecule has 4 heteroatoms. The Labute approximate surface area is 232 Å². The van der Waals surface area contributed by atoms with Crippen LogP contribution in [0.4, 0.5) is 0 Å². The molecular formula is C34H49O3P. The monoisotopic (exact) mass is 536 g/mol. The molecule has 3 rings (SSSR count). The van der Waals surface area contributed by atoms with E-state index in [2.05, 4.69) is 144 Å². The van der Waals surface area contributed by atoms with Gasteiger partial charge in [0.05, 0.1) is 0 Å². The summed E-state index contributed by atoms with van der Waals surface area (Å²) in [5, 5.41) is 0.367. The molecule has 0 saturated carbocycles. The van der Waals surface area contributed by atoms with Crippen molar-refractivity contribution in [3.05, 3.63) is 90.0 Å². The first-order chi connectivity index (χ1) is 17.3. The molecule has 0 unspecified atom stereocenters. The van der Waals surface area contributed by atoms with E-state index < -0.39 is 18.0 Å². The van der Waals surface area contributed by atoms with Gasteiger partial charge in [-0.05, 0) is 0 Å². The van der Waals surface area contributed by atoms with Crippen LogP contribution in [0.25, 0.3) is 0 Å². The van der Waals surface area contributed by atoms with E-state index in [0.717, 1.165) is 16.8 Å². The summed E-state index contributed by atoms with van der Waals surface area (Å²) >= 11 is 0. The first-order valence-corrected chi connectivity index (χ1v) is 15.7. The maximum absolute atomic E-state index is 7.27. The minimum absolute atomic E-state index is 0.0424. The molecule has 0 saturated heterocycles. The van der Waals surface area contributed by atoms with Gasteiger partial charge in [0.15, 0.2) is 0 Å². The van der Waals surface area contributed by atoms with Crippen LogP contribution in [0.2, 0.25) is 0 Å². The molecule has 3 nitrogen and oxygen atoms in total. The van der Waals surface area contributed by atoms with Crippen LogP contribution in [0, 0.1) is 0 Å². The molecule has 38 heavy (non-hydrogen) atoms. The van der Waals surface area contributed by atoms with Crippen LogP contribution >= 0.6 is 7.28 Å². The molecule has 0 fully saturated rings. The van der Waals surface area contributed by atoms with Gasteiger partial charge < -0.3 is 0 Å². The van der Waals surface area contributed by atoms with Gasteiger partial charge in [-0.25, -0.2) is 0 Å². The van der Waals surface area contributed by atoms with Crippen LogP contribution in [0.5, 0.6) is 11.5 Å². The fourth-order valence-corrected chi connectivity index (χ4v) is 9.32. The van der Waals surface area contributed by atoms with Gasteiger partial charge in [-0.3, -0.25) is 0 Å². The molecule has 3 aromatic rings. The van der Waals surface area contributed by atoms with Crippen molar-refractivity contribution in [3.63, 3.8) is 0 Å². The van der Waals surface area contributed by atoms with Crippen molar-refractivity contribution in [2.45, 2.75) is 105 Å². The second kappa shape index (κ2) is 10.00. The first-order valence-electron chi connectivity index (χ1n) is 13.7. The summed E-state index contributed by atoms with van der Waals surface area (Å²) in [5.74, 6) is 1.45. The van der Waals surface area contributed by atoms with Crippen molar-refractivity contribution in [3.8, 4) is 11.5 Å². The molecular weight excluding hydrogens is 487 g/mol. The Morgan fingerprint density at radius 3 is 1.13 bits per heavy atom. The van der Waals surface area contributed by atoms with Crippen molar-refractivity contribution in [2.75, 3.05) is 0 Å². The van der Waals surface area contributed by atoms with Crippen LogP contribution in [-0.4, -0.2) is 10.8 Å². The SMILES string of the molecule is CC(C)(C)OP(Oc1ccc(C(C)(C)C)cc1)(Oc1ccc(C(C)(C)C)cc1)(c1ccccc1)C(C)(C)C. The number of benzene rings is 3. The Kier molecular flexibility index (Phi) is 7.94. The van der Waals surface area contributed by atoms with E-state index in [1.807, 2.05) is 18.2 Å². The van der Waals surface area contributed by atoms with Crippen molar-refractivity contribution >= 4 is 12.6 Å². The van der Waals surface area contributed by atoms with Gasteiger partial charge in [-0.15, -0.1) is 0 Å². The van der Waals surface area contributed by atoms with E-state index in [4.69, 9.17) is 13.6 Å². The van der Waals surface area contributed by atoms with E-state index in [9.17, 15) is 0 Å². The fraction of sp³-hybridized carbons (Fsp3) is 0.471. The van der Waals surface area contributed by atoms with Crippen LogP contribution < -0.4 is 14.4 Å². The summed E-state index contributed by atoms with van der Waals surface area (Å²) in [5.41, 5.74) is 2.02. The number of hydrogen-bond donors (Lipinski definition) is 0. The summed E-state index contributed by atoms with van der Waals surface area (Å²) in [6, 6.07) is 27.0. The van der Waals surface area contributed by atoms with Crippen molar-refractivity contribution in [2.24, 2.45) is 0 Å². The van der Waals surface area contributed by atoms with E-state index >= 15 is 0 Å². The molecule has 0 aliphatic carbocycles. The molecule has 208 valence electrons. The van der Waals surface area contributed by atoms with Crippen LogP contribution in [0.3, 0.4) is 0 Å². The van der Waals surface area contributed by atoms with Gasteiger partial charge in [0, 0.05) is 0 Å². The second-order valence-corrected chi connectivity index (χ2v) is 18.5. The summed E-state index contributed by atoms with van der Waals surface area (Å²) in [6.45, 7) is 26.0. The molecule has 0 heterocycles. The average molecular weight is 537 g/mol. The van der Waals surface area contributed by atoms with Crippen LogP contribution in [0.1, 0.15) is 94.2 Å². The fourth-order valence-electron chi connectivity index (χ4n) is 4.61. The van der Waals surface area contributed by atoms with Gasteiger partial charge in [0.1, 0.15) is 0 Å². The molecule has 0 aromatic heterocycles. The Bertz CT molecular complexity index is 1140. The quantitative estimate of drug-likeness (QED) is 0.293. The molecule has 0 spiro atoms. The standard InChI is InChI=1S/C34H49O3P/c1-31(2,3)26-18-22-28(23-19-26)35-38(34(10,11)12,37-33(7,8)9,30-16-14-13-15-17-30)36-29-24-20-27(21-25-29)32(4,5)6/h13-25H,1-12H3. The third-order valence-corrected chi connectivity index (χ3v) is 12.2. The van der Waals surface area contributed by atoms with Crippen molar-refractivity contribution < 1.29 is 13.6 Å². The molecule has 0 aliphatic rings. The normalized spacial score (nSPS) is 14.5. The van der Waals surface area contributed by atoms with Gasteiger partial charge >= 0.3 is 232 Å². The third-order valence-electron chi connectivity index (χ3n) is 6.78. The van der Waals surface area contributed by atoms with Crippen LogP contribution in [0.15, 0.2) is 78.9 Å². The predicted octanol–water partition coefficient (Wildman–Crippen LogP) is 9.98. The zero-order chi connectivity index (χ0) is 28.6. The summed E-state index contributed by atoms with van der Waals surface area (Å²) in [7, 11) is -4.19.